The predicted molar refractivity (Wildman–Crippen MR) is 101 cm³/mol. The summed E-state index contributed by atoms with van der Waals surface area (Å²) in [5, 5.41) is 0. The van der Waals surface area contributed by atoms with E-state index in [1.807, 2.05) is 0 Å². The van der Waals surface area contributed by atoms with Crippen molar-refractivity contribution in [3.05, 3.63) is 0 Å². The lowest BCUT2D eigenvalue weighted by Gasteiger charge is -2.38. The Hall–Kier alpha value is -0.120. The molecule has 0 bridgehead atoms. The van der Waals surface area contributed by atoms with Crippen molar-refractivity contribution in [1.29, 1.82) is 0 Å². The molecule has 0 radical (unpaired) electrons. The molecule has 3 heteroatoms. The minimum Gasteiger partial charge on any atom is -0.350 e. The quantitative estimate of drug-likeness (QED) is 0.276. The molecule has 0 spiro atoms. The third kappa shape index (κ3) is 11.1. The summed E-state index contributed by atoms with van der Waals surface area (Å²) >= 11 is 0. The smallest absolute Gasteiger partial charge is 0.168 e. The molecular weight excluding hydrogens is 286 g/mol. The van der Waals surface area contributed by atoms with Gasteiger partial charge >= 0.3 is 0 Å². The van der Waals surface area contributed by atoms with Crippen LogP contribution in [0, 0.1) is 5.92 Å². The Balaban J connectivity index is 4.50. The van der Waals surface area contributed by atoms with E-state index in [0.29, 0.717) is 5.92 Å². The Morgan fingerprint density at radius 3 is 1.78 bits per heavy atom. The van der Waals surface area contributed by atoms with Gasteiger partial charge in [-0.25, -0.2) is 0 Å². The molecule has 0 aromatic rings. The molecular formula is C20H43NO2. The summed E-state index contributed by atoms with van der Waals surface area (Å²) in [5.41, 5.74) is 5.75. The number of hydrogen-bond donors (Lipinski definition) is 1. The van der Waals surface area contributed by atoms with E-state index in [1.165, 1.54) is 44.9 Å². The fourth-order valence-corrected chi connectivity index (χ4v) is 3.09. The summed E-state index contributed by atoms with van der Waals surface area (Å²) in [6, 6.07) is 0. The lowest BCUT2D eigenvalue weighted by atomic mass is 9.88. The van der Waals surface area contributed by atoms with Crippen LogP contribution in [0.1, 0.15) is 98.3 Å². The molecule has 23 heavy (non-hydrogen) atoms. The van der Waals surface area contributed by atoms with Crippen molar-refractivity contribution >= 4 is 0 Å². The number of nitrogens with two attached hydrogens (primary N) is 1. The minimum absolute atomic E-state index is 0.440. The van der Waals surface area contributed by atoms with Gasteiger partial charge in [-0.15, -0.1) is 0 Å². The van der Waals surface area contributed by atoms with E-state index in [2.05, 4.69) is 27.7 Å². The predicted octanol–water partition coefficient (Wildman–Crippen LogP) is 5.66. The van der Waals surface area contributed by atoms with Crippen LogP contribution in [-0.2, 0) is 9.47 Å². The Bertz CT molecular complexity index is 238. The van der Waals surface area contributed by atoms with E-state index >= 15 is 0 Å². The van der Waals surface area contributed by atoms with Gasteiger partial charge in [0.1, 0.15) is 0 Å². The molecule has 0 fully saturated rings. The zero-order valence-corrected chi connectivity index (χ0v) is 16.4. The molecule has 0 aliphatic carbocycles. The third-order valence-corrected chi connectivity index (χ3v) is 4.59. The third-order valence-electron chi connectivity index (χ3n) is 4.59. The first-order valence-electron chi connectivity index (χ1n) is 10.1. The Labute approximate surface area is 145 Å². The summed E-state index contributed by atoms with van der Waals surface area (Å²) in [6.07, 6.45) is 13.4. The highest BCUT2D eigenvalue weighted by Crippen LogP contribution is 2.32. The van der Waals surface area contributed by atoms with Gasteiger partial charge in [0.2, 0.25) is 0 Å². The second-order valence-electron chi connectivity index (χ2n) is 6.90. The lowest BCUT2D eigenvalue weighted by molar-refractivity contribution is -0.258. The van der Waals surface area contributed by atoms with Crippen molar-refractivity contribution < 1.29 is 9.47 Å². The van der Waals surface area contributed by atoms with E-state index in [4.69, 9.17) is 15.2 Å². The summed E-state index contributed by atoms with van der Waals surface area (Å²) in [6.45, 7) is 11.0. The largest absolute Gasteiger partial charge is 0.350 e. The van der Waals surface area contributed by atoms with Crippen LogP contribution in [0.15, 0.2) is 0 Å². The van der Waals surface area contributed by atoms with E-state index in [1.54, 1.807) is 0 Å². The van der Waals surface area contributed by atoms with Crippen LogP contribution in [0.25, 0.3) is 0 Å². The van der Waals surface area contributed by atoms with Gasteiger partial charge in [-0.2, -0.15) is 0 Å². The minimum atomic E-state index is -0.440. The molecule has 2 N–H and O–H groups in total. The molecule has 1 unspecified atom stereocenters. The van der Waals surface area contributed by atoms with E-state index in [-0.39, 0.29) is 0 Å². The van der Waals surface area contributed by atoms with Gasteiger partial charge in [0, 0.05) is 19.1 Å². The zero-order valence-electron chi connectivity index (χ0n) is 16.4. The van der Waals surface area contributed by atoms with Crippen LogP contribution in [-0.4, -0.2) is 25.5 Å². The average Bonchev–Trinajstić information content (AvgIpc) is 2.56. The number of ether oxygens (including phenoxy) is 2. The van der Waals surface area contributed by atoms with Crippen LogP contribution < -0.4 is 5.73 Å². The molecule has 0 aliphatic heterocycles. The first kappa shape index (κ1) is 22.9. The van der Waals surface area contributed by atoms with Gasteiger partial charge in [-0.1, -0.05) is 59.3 Å². The van der Waals surface area contributed by atoms with Crippen molar-refractivity contribution in [2.45, 2.75) is 104 Å². The topological polar surface area (TPSA) is 44.5 Å². The summed E-state index contributed by atoms with van der Waals surface area (Å²) in [4.78, 5) is 0. The first-order chi connectivity index (χ1) is 11.1. The maximum absolute atomic E-state index is 6.17. The van der Waals surface area contributed by atoms with Crippen molar-refractivity contribution in [2.75, 3.05) is 19.8 Å². The average molecular weight is 330 g/mol. The SMILES string of the molecule is CCCCCCCCC(CCCN)C(C)(OCCC)OCCC. The molecule has 0 aromatic heterocycles. The van der Waals surface area contributed by atoms with Crippen molar-refractivity contribution in [3.8, 4) is 0 Å². The summed E-state index contributed by atoms with van der Waals surface area (Å²) in [7, 11) is 0. The van der Waals surface area contributed by atoms with Gasteiger partial charge in [-0.3, -0.25) is 0 Å². The number of unbranched alkanes of at least 4 members (excludes halogenated alkanes) is 5. The van der Waals surface area contributed by atoms with Crippen molar-refractivity contribution in [1.82, 2.24) is 0 Å². The maximum Gasteiger partial charge on any atom is 0.168 e. The molecule has 0 saturated carbocycles. The van der Waals surface area contributed by atoms with Crippen molar-refractivity contribution in [2.24, 2.45) is 11.7 Å². The second-order valence-corrected chi connectivity index (χ2v) is 6.90. The molecule has 0 rings (SSSR count). The first-order valence-corrected chi connectivity index (χ1v) is 10.1. The monoisotopic (exact) mass is 329 g/mol. The van der Waals surface area contributed by atoms with Gasteiger partial charge in [0.05, 0.1) is 0 Å². The normalized spacial score (nSPS) is 13.4. The summed E-state index contributed by atoms with van der Waals surface area (Å²) in [5.74, 6) is 0.0141. The van der Waals surface area contributed by atoms with Gasteiger partial charge in [0.25, 0.3) is 0 Å². The Morgan fingerprint density at radius 1 is 0.739 bits per heavy atom. The van der Waals surface area contributed by atoms with Crippen LogP contribution >= 0.6 is 0 Å². The van der Waals surface area contributed by atoms with Crippen LogP contribution in [0.5, 0.6) is 0 Å². The number of hydrogen-bond acceptors (Lipinski definition) is 3. The Morgan fingerprint density at radius 2 is 1.26 bits per heavy atom. The molecule has 0 amide bonds. The van der Waals surface area contributed by atoms with Gasteiger partial charge in [-0.05, 0) is 45.6 Å². The van der Waals surface area contributed by atoms with Crippen LogP contribution in [0.2, 0.25) is 0 Å². The van der Waals surface area contributed by atoms with Gasteiger partial charge < -0.3 is 15.2 Å². The molecule has 140 valence electrons. The summed E-state index contributed by atoms with van der Waals surface area (Å²) < 4.78 is 12.3. The maximum atomic E-state index is 6.17. The molecule has 0 aliphatic rings. The Kier molecular flexibility index (Phi) is 15.3. The highest BCUT2D eigenvalue weighted by molar-refractivity contribution is 4.76. The highest BCUT2D eigenvalue weighted by atomic mass is 16.7. The van der Waals surface area contributed by atoms with E-state index in [9.17, 15) is 0 Å². The molecule has 0 heterocycles. The second kappa shape index (κ2) is 15.4. The van der Waals surface area contributed by atoms with Gasteiger partial charge in [0.15, 0.2) is 5.79 Å². The van der Waals surface area contributed by atoms with E-state index in [0.717, 1.165) is 45.4 Å². The zero-order chi connectivity index (χ0) is 17.4. The van der Waals surface area contributed by atoms with Crippen LogP contribution in [0.4, 0.5) is 0 Å². The highest BCUT2D eigenvalue weighted by Gasteiger charge is 2.35. The fourth-order valence-electron chi connectivity index (χ4n) is 3.09. The standard InChI is InChI=1S/C20H43NO2/c1-5-8-9-10-11-12-14-19(15-13-16-21)20(4,22-17-6-2)23-18-7-3/h19H,5-18,21H2,1-4H3. The van der Waals surface area contributed by atoms with Crippen LogP contribution in [0.3, 0.4) is 0 Å². The molecule has 0 aromatic carbocycles. The van der Waals surface area contributed by atoms with E-state index < -0.39 is 5.79 Å². The molecule has 3 nitrogen and oxygen atoms in total. The molecule has 0 saturated heterocycles. The lowest BCUT2D eigenvalue weighted by Crippen LogP contribution is -2.41. The van der Waals surface area contributed by atoms with Crippen molar-refractivity contribution in [3.63, 3.8) is 0 Å². The fraction of sp³-hybridized carbons (Fsp3) is 1.00. The molecule has 1 atom stereocenters. The number of rotatable bonds is 17.